The summed E-state index contributed by atoms with van der Waals surface area (Å²) in [5, 5.41) is 25.0. The molecule has 36 heavy (non-hydrogen) atoms. The van der Waals surface area contributed by atoms with E-state index in [2.05, 4.69) is 48.9 Å². The molecule has 1 saturated heterocycles. The Balaban J connectivity index is 1.44. The number of benzene rings is 2. The Hall–Kier alpha value is -3.54. The summed E-state index contributed by atoms with van der Waals surface area (Å²) in [6.07, 6.45) is 4.72. The molecule has 0 bridgehead atoms. The van der Waals surface area contributed by atoms with Gasteiger partial charge in [-0.3, -0.25) is 4.90 Å². The first-order valence-corrected chi connectivity index (χ1v) is 12.4. The van der Waals surface area contributed by atoms with Gasteiger partial charge in [0.15, 0.2) is 5.03 Å². The third-order valence-corrected chi connectivity index (χ3v) is 7.15. The molecule has 186 valence electrons. The van der Waals surface area contributed by atoms with Crippen LogP contribution in [-0.2, 0) is 13.6 Å². The lowest BCUT2D eigenvalue weighted by Gasteiger charge is -2.41. The summed E-state index contributed by atoms with van der Waals surface area (Å²) in [5.41, 5.74) is 5.47. The van der Waals surface area contributed by atoms with Gasteiger partial charge in [-0.1, -0.05) is 5.16 Å². The van der Waals surface area contributed by atoms with Gasteiger partial charge in [-0.15, -0.1) is 5.10 Å². The molecule has 1 fully saturated rings. The molecular formula is C25H27FN8OS. The summed E-state index contributed by atoms with van der Waals surface area (Å²) in [4.78, 5) is 3.96. The van der Waals surface area contributed by atoms with E-state index < -0.39 is 0 Å². The van der Waals surface area contributed by atoms with Crippen molar-refractivity contribution < 1.29 is 8.91 Å². The van der Waals surface area contributed by atoms with Gasteiger partial charge in [-0.25, -0.2) is 8.70 Å². The van der Waals surface area contributed by atoms with E-state index in [1.165, 1.54) is 18.3 Å². The summed E-state index contributed by atoms with van der Waals surface area (Å²) in [6.45, 7) is 5.21. The summed E-state index contributed by atoms with van der Waals surface area (Å²) in [6, 6.07) is 12.3. The molecule has 4 aromatic rings. The van der Waals surface area contributed by atoms with E-state index in [1.54, 1.807) is 41.3 Å². The number of aryl methyl sites for hydroxylation is 2. The third-order valence-electron chi connectivity index (χ3n) is 6.19. The molecule has 2 aromatic carbocycles. The number of anilines is 2. The van der Waals surface area contributed by atoms with Gasteiger partial charge in [0.2, 0.25) is 0 Å². The highest BCUT2D eigenvalue weighted by atomic mass is 32.2. The maximum Gasteiger partial charge on any atom is 0.153 e. The first kappa shape index (κ1) is 24.2. The first-order chi connectivity index (χ1) is 17.5. The summed E-state index contributed by atoms with van der Waals surface area (Å²) in [5.74, 6) is -0.284. The lowest BCUT2D eigenvalue weighted by Crippen LogP contribution is -2.45. The molecule has 1 unspecified atom stereocenters. The Labute approximate surface area is 212 Å². The van der Waals surface area contributed by atoms with Crippen molar-refractivity contribution in [3.05, 3.63) is 83.1 Å². The van der Waals surface area contributed by atoms with Gasteiger partial charge in [-0.2, -0.15) is 9.90 Å². The number of nitrogens with zero attached hydrogens (tertiary/aromatic N) is 6. The van der Waals surface area contributed by atoms with Crippen LogP contribution >= 0.6 is 11.9 Å². The SMILES string of the molecule is Cc1cc(Nc2ccc(F)cc2)c(C=N)cc1C1CN(Sc2cnn(C)n2)CCN1Cc1ccon1. The van der Waals surface area contributed by atoms with Gasteiger partial charge >= 0.3 is 0 Å². The molecule has 9 nitrogen and oxygen atoms in total. The highest BCUT2D eigenvalue weighted by molar-refractivity contribution is 7.97. The van der Waals surface area contributed by atoms with Crippen molar-refractivity contribution >= 4 is 29.5 Å². The van der Waals surface area contributed by atoms with E-state index in [-0.39, 0.29) is 11.9 Å². The monoisotopic (exact) mass is 506 g/mol. The molecule has 1 aliphatic heterocycles. The standard InChI is InChI=1S/C25H27FN8OS/c1-17-11-23(29-20-5-3-19(26)4-6-20)18(13-27)12-22(17)24-16-34(36-25-14-28-32(2)30-25)9-8-33(24)15-21-7-10-35-31-21/h3-7,10-14,24,27,29H,8-9,15-16H2,1-2H3. The van der Waals surface area contributed by atoms with Gasteiger partial charge in [0, 0.05) is 68.5 Å². The fourth-order valence-electron chi connectivity index (χ4n) is 4.41. The summed E-state index contributed by atoms with van der Waals surface area (Å²) < 4.78 is 20.7. The Kier molecular flexibility index (Phi) is 7.12. The Bertz CT molecular complexity index is 1320. The van der Waals surface area contributed by atoms with Crippen LogP contribution in [0.4, 0.5) is 15.8 Å². The van der Waals surface area contributed by atoms with Crippen molar-refractivity contribution in [1.82, 2.24) is 29.4 Å². The van der Waals surface area contributed by atoms with E-state index in [4.69, 9.17) is 9.93 Å². The molecule has 2 N–H and O–H groups in total. The minimum absolute atomic E-state index is 0.0678. The van der Waals surface area contributed by atoms with Crippen LogP contribution in [-0.4, -0.2) is 55.2 Å². The second kappa shape index (κ2) is 10.6. The fourth-order valence-corrected chi connectivity index (χ4v) is 5.31. The van der Waals surface area contributed by atoms with Gasteiger partial charge in [0.05, 0.1) is 11.9 Å². The number of halogens is 1. The van der Waals surface area contributed by atoms with Gasteiger partial charge < -0.3 is 15.2 Å². The third kappa shape index (κ3) is 5.48. The van der Waals surface area contributed by atoms with Crippen LogP contribution in [0.15, 0.2) is 64.5 Å². The number of piperazine rings is 1. The van der Waals surface area contributed by atoms with Gasteiger partial charge in [0.25, 0.3) is 0 Å². The second-order valence-corrected chi connectivity index (χ2v) is 9.82. The maximum absolute atomic E-state index is 13.3. The predicted molar refractivity (Wildman–Crippen MR) is 137 cm³/mol. The zero-order chi connectivity index (χ0) is 25.1. The first-order valence-electron chi connectivity index (χ1n) is 11.6. The predicted octanol–water partition coefficient (Wildman–Crippen LogP) is 4.56. The normalized spacial score (nSPS) is 16.8. The molecule has 1 atom stereocenters. The second-order valence-electron chi connectivity index (χ2n) is 8.70. The lowest BCUT2D eigenvalue weighted by atomic mass is 9.94. The Morgan fingerprint density at radius 2 is 2.06 bits per heavy atom. The smallest absolute Gasteiger partial charge is 0.153 e. The number of hydrogen-bond donors (Lipinski definition) is 2. The molecule has 1 aliphatic rings. The van der Waals surface area contributed by atoms with Crippen LogP contribution in [0.2, 0.25) is 0 Å². The van der Waals surface area contributed by atoms with Crippen molar-refractivity contribution in [1.29, 1.82) is 5.41 Å². The number of aromatic nitrogens is 4. The molecule has 0 aliphatic carbocycles. The van der Waals surface area contributed by atoms with Gasteiger partial charge in [0.1, 0.15) is 12.1 Å². The van der Waals surface area contributed by atoms with Crippen LogP contribution in [0, 0.1) is 18.2 Å². The van der Waals surface area contributed by atoms with Crippen molar-refractivity contribution in [2.24, 2.45) is 7.05 Å². The average Bonchev–Trinajstić information content (AvgIpc) is 3.53. The molecule has 0 radical (unpaired) electrons. The van der Waals surface area contributed by atoms with Crippen LogP contribution in [0.1, 0.15) is 28.4 Å². The highest BCUT2D eigenvalue weighted by Gasteiger charge is 2.31. The number of hydrogen-bond acceptors (Lipinski definition) is 9. The summed E-state index contributed by atoms with van der Waals surface area (Å²) in [7, 11) is 1.81. The molecular weight excluding hydrogens is 479 g/mol. The van der Waals surface area contributed by atoms with Crippen molar-refractivity contribution in [2.75, 3.05) is 25.0 Å². The quantitative estimate of drug-likeness (QED) is 0.265. The van der Waals surface area contributed by atoms with Crippen molar-refractivity contribution in [3.63, 3.8) is 0 Å². The van der Waals surface area contributed by atoms with Crippen molar-refractivity contribution in [2.45, 2.75) is 24.5 Å². The fraction of sp³-hybridized carbons (Fsp3) is 0.280. The minimum atomic E-state index is -0.284. The largest absolute Gasteiger partial charge is 0.364 e. The molecule has 0 spiro atoms. The van der Waals surface area contributed by atoms with E-state index in [0.717, 1.165) is 58.4 Å². The van der Waals surface area contributed by atoms with Crippen LogP contribution in [0.3, 0.4) is 0 Å². The molecule has 5 rings (SSSR count). The minimum Gasteiger partial charge on any atom is -0.364 e. The number of rotatable bonds is 8. The van der Waals surface area contributed by atoms with Crippen LogP contribution < -0.4 is 5.32 Å². The molecule has 2 aromatic heterocycles. The van der Waals surface area contributed by atoms with Crippen LogP contribution in [0.25, 0.3) is 0 Å². The zero-order valence-electron chi connectivity index (χ0n) is 20.1. The van der Waals surface area contributed by atoms with Crippen molar-refractivity contribution in [3.8, 4) is 0 Å². The highest BCUT2D eigenvalue weighted by Crippen LogP contribution is 2.35. The topological polar surface area (TPSA) is 99.1 Å². The van der Waals surface area contributed by atoms with E-state index in [1.807, 2.05) is 13.1 Å². The van der Waals surface area contributed by atoms with E-state index in [0.29, 0.717) is 6.54 Å². The maximum atomic E-state index is 13.3. The molecule has 11 heteroatoms. The van der Waals surface area contributed by atoms with E-state index >= 15 is 0 Å². The molecule has 0 amide bonds. The molecule has 0 saturated carbocycles. The van der Waals surface area contributed by atoms with Gasteiger partial charge in [-0.05, 0) is 66.4 Å². The molecule has 3 heterocycles. The average molecular weight is 507 g/mol. The Morgan fingerprint density at radius 3 is 2.75 bits per heavy atom. The summed E-state index contributed by atoms with van der Waals surface area (Å²) >= 11 is 1.61. The lowest BCUT2D eigenvalue weighted by molar-refractivity contribution is 0.113. The number of nitrogens with one attached hydrogen (secondary N) is 2. The Morgan fingerprint density at radius 1 is 1.22 bits per heavy atom. The van der Waals surface area contributed by atoms with Crippen LogP contribution in [0.5, 0.6) is 0 Å². The van der Waals surface area contributed by atoms with E-state index in [9.17, 15) is 4.39 Å². The zero-order valence-corrected chi connectivity index (χ0v) is 20.9.